The summed E-state index contributed by atoms with van der Waals surface area (Å²) in [5, 5.41) is 8.88. The SMILES string of the molecule is CCOc1cc(C#N)ccc1-c1nc(C(F)(F)F)cn1C. The highest BCUT2D eigenvalue weighted by molar-refractivity contribution is 5.66. The van der Waals surface area contributed by atoms with Crippen molar-refractivity contribution < 1.29 is 17.9 Å². The molecule has 0 saturated carbocycles. The van der Waals surface area contributed by atoms with E-state index < -0.39 is 11.9 Å². The van der Waals surface area contributed by atoms with Gasteiger partial charge in [-0.2, -0.15) is 18.4 Å². The summed E-state index contributed by atoms with van der Waals surface area (Å²) in [6.45, 7) is 2.08. The van der Waals surface area contributed by atoms with Crippen LogP contribution in [0.3, 0.4) is 0 Å². The maximum absolute atomic E-state index is 12.7. The highest BCUT2D eigenvalue weighted by Crippen LogP contribution is 2.34. The number of alkyl halides is 3. The van der Waals surface area contributed by atoms with Crippen LogP contribution in [-0.2, 0) is 13.2 Å². The highest BCUT2D eigenvalue weighted by atomic mass is 19.4. The molecule has 0 aliphatic heterocycles. The number of aromatic nitrogens is 2. The Morgan fingerprint density at radius 1 is 1.38 bits per heavy atom. The number of hydrogen-bond acceptors (Lipinski definition) is 3. The van der Waals surface area contributed by atoms with E-state index in [2.05, 4.69) is 4.98 Å². The molecule has 110 valence electrons. The van der Waals surface area contributed by atoms with Crippen LogP contribution < -0.4 is 4.74 Å². The number of hydrogen-bond donors (Lipinski definition) is 0. The molecule has 0 radical (unpaired) electrons. The van der Waals surface area contributed by atoms with Gasteiger partial charge in [0.2, 0.25) is 0 Å². The van der Waals surface area contributed by atoms with Crippen LogP contribution >= 0.6 is 0 Å². The first kappa shape index (κ1) is 14.9. The van der Waals surface area contributed by atoms with Crippen molar-refractivity contribution in [2.75, 3.05) is 6.61 Å². The fraction of sp³-hybridized carbons (Fsp3) is 0.286. The van der Waals surface area contributed by atoms with Crippen molar-refractivity contribution in [2.45, 2.75) is 13.1 Å². The summed E-state index contributed by atoms with van der Waals surface area (Å²) in [5.41, 5.74) is -0.187. The third-order valence-electron chi connectivity index (χ3n) is 2.82. The van der Waals surface area contributed by atoms with Crippen molar-refractivity contribution in [2.24, 2.45) is 7.05 Å². The van der Waals surface area contributed by atoms with Gasteiger partial charge in [-0.25, -0.2) is 4.98 Å². The molecule has 1 aromatic carbocycles. The molecule has 4 nitrogen and oxygen atoms in total. The molecule has 0 atom stereocenters. The molecule has 1 aromatic heterocycles. The molecule has 0 bridgehead atoms. The smallest absolute Gasteiger partial charge is 0.434 e. The van der Waals surface area contributed by atoms with E-state index in [0.717, 1.165) is 6.20 Å². The van der Waals surface area contributed by atoms with Gasteiger partial charge in [0.1, 0.15) is 11.6 Å². The van der Waals surface area contributed by atoms with E-state index in [1.54, 1.807) is 6.92 Å². The predicted octanol–water partition coefficient (Wildman–Crippen LogP) is 3.38. The predicted molar refractivity (Wildman–Crippen MR) is 69.5 cm³/mol. The van der Waals surface area contributed by atoms with Gasteiger partial charge >= 0.3 is 6.18 Å². The second-order valence-corrected chi connectivity index (χ2v) is 4.31. The van der Waals surface area contributed by atoms with E-state index >= 15 is 0 Å². The van der Waals surface area contributed by atoms with Crippen LogP contribution in [0.2, 0.25) is 0 Å². The van der Waals surface area contributed by atoms with Crippen LogP contribution in [0.15, 0.2) is 24.4 Å². The Balaban J connectivity index is 2.56. The minimum Gasteiger partial charge on any atom is -0.493 e. The monoisotopic (exact) mass is 295 g/mol. The Kier molecular flexibility index (Phi) is 3.89. The summed E-state index contributed by atoms with van der Waals surface area (Å²) in [5.74, 6) is 0.467. The van der Waals surface area contributed by atoms with Crippen molar-refractivity contribution in [3.63, 3.8) is 0 Å². The molecule has 0 aliphatic carbocycles. The van der Waals surface area contributed by atoms with E-state index in [9.17, 15) is 13.2 Å². The van der Waals surface area contributed by atoms with Crippen LogP contribution in [0.4, 0.5) is 13.2 Å². The van der Waals surface area contributed by atoms with Crippen LogP contribution in [0, 0.1) is 11.3 Å². The average Bonchev–Trinajstić information content (AvgIpc) is 2.81. The van der Waals surface area contributed by atoms with Crippen LogP contribution in [-0.4, -0.2) is 16.2 Å². The molecule has 2 aromatic rings. The summed E-state index contributed by atoms with van der Waals surface area (Å²) in [6.07, 6.45) is -3.59. The lowest BCUT2D eigenvalue weighted by Gasteiger charge is -2.10. The first-order chi connectivity index (χ1) is 9.86. The highest BCUT2D eigenvalue weighted by Gasteiger charge is 2.34. The lowest BCUT2D eigenvalue weighted by Crippen LogP contribution is -2.05. The Morgan fingerprint density at radius 2 is 2.10 bits per heavy atom. The van der Waals surface area contributed by atoms with Gasteiger partial charge in [-0.15, -0.1) is 0 Å². The molecule has 1 heterocycles. The van der Waals surface area contributed by atoms with Gasteiger partial charge in [-0.3, -0.25) is 0 Å². The Hall–Kier alpha value is -2.49. The third kappa shape index (κ3) is 2.99. The molecule has 0 saturated heterocycles. The number of aryl methyl sites for hydroxylation is 1. The molecule has 0 amide bonds. The standard InChI is InChI=1S/C14H12F3N3O/c1-3-21-11-6-9(7-18)4-5-10(11)13-19-12(8-20(13)2)14(15,16)17/h4-6,8H,3H2,1-2H3. The first-order valence-corrected chi connectivity index (χ1v) is 6.14. The summed E-state index contributed by atoms with van der Waals surface area (Å²) >= 11 is 0. The molecular weight excluding hydrogens is 283 g/mol. The van der Waals surface area contributed by atoms with E-state index in [-0.39, 0.29) is 5.82 Å². The molecule has 0 unspecified atom stereocenters. The van der Waals surface area contributed by atoms with Gasteiger partial charge in [-0.05, 0) is 25.1 Å². The number of ether oxygens (including phenoxy) is 1. The van der Waals surface area contributed by atoms with Gasteiger partial charge in [0.05, 0.1) is 23.8 Å². The number of benzene rings is 1. The van der Waals surface area contributed by atoms with Gasteiger partial charge in [-0.1, -0.05) is 0 Å². The molecule has 0 spiro atoms. The van der Waals surface area contributed by atoms with Crippen LogP contribution in [0.5, 0.6) is 5.75 Å². The minimum absolute atomic E-state index is 0.135. The molecule has 21 heavy (non-hydrogen) atoms. The maximum Gasteiger partial charge on any atom is 0.434 e. The van der Waals surface area contributed by atoms with Crippen LogP contribution in [0.25, 0.3) is 11.4 Å². The molecule has 7 heteroatoms. The van der Waals surface area contributed by atoms with E-state index in [1.807, 2.05) is 6.07 Å². The molecule has 0 N–H and O–H groups in total. The van der Waals surface area contributed by atoms with Crippen molar-refractivity contribution in [3.05, 3.63) is 35.7 Å². The summed E-state index contributed by atoms with van der Waals surface area (Å²) in [6, 6.07) is 6.50. The normalized spacial score (nSPS) is 11.2. The largest absolute Gasteiger partial charge is 0.493 e. The quantitative estimate of drug-likeness (QED) is 0.872. The zero-order chi connectivity index (χ0) is 15.6. The number of imidazole rings is 1. The second kappa shape index (κ2) is 5.48. The fourth-order valence-corrected chi connectivity index (χ4v) is 1.90. The summed E-state index contributed by atoms with van der Waals surface area (Å²) in [7, 11) is 1.48. The van der Waals surface area contributed by atoms with Crippen molar-refractivity contribution in [1.82, 2.24) is 9.55 Å². The van der Waals surface area contributed by atoms with E-state index in [4.69, 9.17) is 10.00 Å². The van der Waals surface area contributed by atoms with E-state index in [0.29, 0.717) is 23.5 Å². The minimum atomic E-state index is -4.51. The first-order valence-electron chi connectivity index (χ1n) is 6.14. The van der Waals surface area contributed by atoms with Crippen LogP contribution in [0.1, 0.15) is 18.2 Å². The molecule has 0 aliphatic rings. The number of rotatable bonds is 3. The zero-order valence-corrected chi connectivity index (χ0v) is 11.4. The Labute approximate surface area is 119 Å². The number of nitriles is 1. The van der Waals surface area contributed by atoms with Crippen molar-refractivity contribution in [3.8, 4) is 23.2 Å². The summed E-state index contributed by atoms with van der Waals surface area (Å²) in [4.78, 5) is 3.62. The van der Waals surface area contributed by atoms with Gasteiger partial charge < -0.3 is 9.30 Å². The molecule has 2 rings (SSSR count). The van der Waals surface area contributed by atoms with Gasteiger partial charge in [0.15, 0.2) is 5.69 Å². The topological polar surface area (TPSA) is 50.8 Å². The molecular formula is C14H12F3N3O. The second-order valence-electron chi connectivity index (χ2n) is 4.31. The van der Waals surface area contributed by atoms with Crippen molar-refractivity contribution >= 4 is 0 Å². The Morgan fingerprint density at radius 3 is 2.62 bits per heavy atom. The average molecular weight is 295 g/mol. The molecule has 0 fully saturated rings. The zero-order valence-electron chi connectivity index (χ0n) is 11.4. The maximum atomic E-state index is 12.7. The third-order valence-corrected chi connectivity index (χ3v) is 2.82. The van der Waals surface area contributed by atoms with Crippen molar-refractivity contribution in [1.29, 1.82) is 5.26 Å². The van der Waals surface area contributed by atoms with Gasteiger partial charge in [0.25, 0.3) is 0 Å². The lowest BCUT2D eigenvalue weighted by molar-refractivity contribution is -0.140. The number of halogens is 3. The summed E-state index contributed by atoms with van der Waals surface area (Å²) < 4.78 is 44.8. The lowest BCUT2D eigenvalue weighted by atomic mass is 10.1. The number of nitrogens with zero attached hydrogens (tertiary/aromatic N) is 3. The van der Waals surface area contributed by atoms with Gasteiger partial charge in [0, 0.05) is 13.2 Å². The Bertz CT molecular complexity index is 698. The fourth-order valence-electron chi connectivity index (χ4n) is 1.90. The van der Waals surface area contributed by atoms with E-state index in [1.165, 1.54) is 29.8 Å².